The van der Waals surface area contributed by atoms with Crippen molar-refractivity contribution < 1.29 is 9.15 Å². The number of aromatic nitrogens is 5. The molecule has 0 spiro atoms. The van der Waals surface area contributed by atoms with Gasteiger partial charge in [-0.25, -0.2) is 14.5 Å². The highest BCUT2D eigenvalue weighted by Crippen LogP contribution is 2.15. The zero-order valence-electron chi connectivity index (χ0n) is 14.4. The van der Waals surface area contributed by atoms with Gasteiger partial charge in [-0.05, 0) is 29.7 Å². The van der Waals surface area contributed by atoms with Gasteiger partial charge in [0, 0.05) is 6.07 Å². The van der Waals surface area contributed by atoms with Crippen molar-refractivity contribution >= 4 is 11.1 Å². The molecule has 1 aromatic carbocycles. The Kier molecular flexibility index (Phi) is 4.25. The standard InChI is InChI=1S/C18H15N5O4/c1-2-12-7-14(24)27-17-15(12)16(25)21-18(22-17)26-8-11-3-5-13(6-4-11)23-10-19-9-20-23/h3-7,9-10H,2,8H2,1H3,(H,21,22,25). The molecule has 3 aromatic heterocycles. The lowest BCUT2D eigenvalue weighted by Crippen LogP contribution is -2.15. The molecule has 0 aliphatic carbocycles. The first-order valence-electron chi connectivity index (χ1n) is 8.28. The van der Waals surface area contributed by atoms with Gasteiger partial charge in [0.15, 0.2) is 0 Å². The van der Waals surface area contributed by atoms with Crippen molar-refractivity contribution in [3.8, 4) is 11.7 Å². The minimum atomic E-state index is -0.549. The van der Waals surface area contributed by atoms with Gasteiger partial charge in [-0.2, -0.15) is 10.1 Å². The maximum Gasteiger partial charge on any atom is 0.337 e. The fraction of sp³-hybridized carbons (Fsp3) is 0.167. The Morgan fingerprint density at radius 2 is 2.04 bits per heavy atom. The largest absolute Gasteiger partial charge is 0.460 e. The van der Waals surface area contributed by atoms with E-state index in [-0.39, 0.29) is 23.7 Å². The third-order valence-corrected chi connectivity index (χ3v) is 4.05. The van der Waals surface area contributed by atoms with E-state index in [1.165, 1.54) is 12.4 Å². The molecule has 0 amide bonds. The Morgan fingerprint density at radius 1 is 1.22 bits per heavy atom. The van der Waals surface area contributed by atoms with Gasteiger partial charge in [-0.3, -0.25) is 9.78 Å². The van der Waals surface area contributed by atoms with Crippen LogP contribution in [0.1, 0.15) is 18.1 Å². The summed E-state index contributed by atoms with van der Waals surface area (Å²) < 4.78 is 12.3. The summed E-state index contributed by atoms with van der Waals surface area (Å²) >= 11 is 0. The SMILES string of the molecule is CCc1cc(=O)oc2nc(OCc3ccc(-n4cncn4)cc3)[nH]c(=O)c12. The maximum absolute atomic E-state index is 12.3. The van der Waals surface area contributed by atoms with Gasteiger partial charge in [0.2, 0.25) is 5.71 Å². The van der Waals surface area contributed by atoms with Gasteiger partial charge in [-0.1, -0.05) is 19.1 Å². The predicted molar refractivity (Wildman–Crippen MR) is 96.0 cm³/mol. The lowest BCUT2D eigenvalue weighted by molar-refractivity contribution is 0.279. The van der Waals surface area contributed by atoms with Crippen LogP contribution in [0, 0.1) is 0 Å². The van der Waals surface area contributed by atoms with Gasteiger partial charge in [0.1, 0.15) is 24.6 Å². The second kappa shape index (κ2) is 6.87. The van der Waals surface area contributed by atoms with Crippen molar-refractivity contribution in [2.45, 2.75) is 20.0 Å². The normalized spacial score (nSPS) is 11.0. The number of fused-ring (bicyclic) bond motifs is 1. The van der Waals surface area contributed by atoms with Crippen LogP contribution in [-0.4, -0.2) is 24.7 Å². The number of hydrogen-bond donors (Lipinski definition) is 1. The van der Waals surface area contributed by atoms with Crippen LogP contribution in [0.3, 0.4) is 0 Å². The Morgan fingerprint density at radius 3 is 2.74 bits per heavy atom. The Balaban J connectivity index is 1.57. The molecule has 9 nitrogen and oxygen atoms in total. The molecule has 4 rings (SSSR count). The molecule has 0 radical (unpaired) electrons. The number of nitrogens with zero attached hydrogens (tertiary/aromatic N) is 4. The fourth-order valence-corrected chi connectivity index (χ4v) is 2.71. The van der Waals surface area contributed by atoms with Gasteiger partial charge in [0.05, 0.1) is 5.69 Å². The molecule has 1 N–H and O–H groups in total. The van der Waals surface area contributed by atoms with Gasteiger partial charge in [0.25, 0.3) is 11.6 Å². The lowest BCUT2D eigenvalue weighted by atomic mass is 10.1. The van der Waals surface area contributed by atoms with E-state index in [1.54, 1.807) is 11.0 Å². The van der Waals surface area contributed by atoms with Crippen LogP contribution in [0.4, 0.5) is 0 Å². The van der Waals surface area contributed by atoms with Gasteiger partial charge >= 0.3 is 5.63 Å². The first-order valence-corrected chi connectivity index (χ1v) is 8.28. The van der Waals surface area contributed by atoms with E-state index >= 15 is 0 Å². The van der Waals surface area contributed by atoms with Gasteiger partial charge in [-0.15, -0.1) is 0 Å². The van der Waals surface area contributed by atoms with E-state index in [2.05, 4.69) is 20.1 Å². The smallest absolute Gasteiger partial charge is 0.337 e. The predicted octanol–water partition coefficient (Wildman–Crippen LogP) is 1.60. The molecular weight excluding hydrogens is 350 g/mol. The highest BCUT2D eigenvalue weighted by Gasteiger charge is 2.12. The van der Waals surface area contributed by atoms with Crippen molar-refractivity contribution in [3.05, 3.63) is 74.9 Å². The molecule has 3 heterocycles. The molecule has 0 fully saturated rings. The lowest BCUT2D eigenvalue weighted by Gasteiger charge is -2.07. The summed E-state index contributed by atoms with van der Waals surface area (Å²) in [7, 11) is 0. The van der Waals surface area contributed by atoms with E-state index in [0.29, 0.717) is 12.0 Å². The second-order valence-corrected chi connectivity index (χ2v) is 5.79. The maximum atomic E-state index is 12.3. The molecule has 0 saturated carbocycles. The van der Waals surface area contributed by atoms with Crippen LogP contribution < -0.4 is 15.9 Å². The number of hydrogen-bond acceptors (Lipinski definition) is 7. The van der Waals surface area contributed by atoms with Crippen LogP contribution in [0.15, 0.2) is 57.0 Å². The highest BCUT2D eigenvalue weighted by atomic mass is 16.5. The molecule has 0 atom stereocenters. The number of rotatable bonds is 5. The minimum absolute atomic E-state index is 0.00995. The van der Waals surface area contributed by atoms with Crippen molar-refractivity contribution in [1.82, 2.24) is 24.7 Å². The second-order valence-electron chi connectivity index (χ2n) is 5.79. The number of benzene rings is 1. The number of aromatic amines is 1. The Bertz CT molecular complexity index is 1190. The van der Waals surface area contributed by atoms with E-state index < -0.39 is 11.2 Å². The zero-order valence-corrected chi connectivity index (χ0v) is 14.4. The van der Waals surface area contributed by atoms with Crippen molar-refractivity contribution in [2.24, 2.45) is 0 Å². The van der Waals surface area contributed by atoms with Crippen LogP contribution in [-0.2, 0) is 13.0 Å². The summed E-state index contributed by atoms with van der Waals surface area (Å²) in [6.45, 7) is 2.03. The molecule has 0 bridgehead atoms. The summed E-state index contributed by atoms with van der Waals surface area (Å²) in [5, 5.41) is 4.32. The molecule has 0 aliphatic heterocycles. The summed E-state index contributed by atoms with van der Waals surface area (Å²) in [6, 6.07) is 8.77. The molecule has 0 saturated heterocycles. The quantitative estimate of drug-likeness (QED) is 0.571. The molecule has 4 aromatic rings. The van der Waals surface area contributed by atoms with Gasteiger partial charge < -0.3 is 9.15 Å². The van der Waals surface area contributed by atoms with Crippen LogP contribution >= 0.6 is 0 Å². The topological polar surface area (TPSA) is 116 Å². The van der Waals surface area contributed by atoms with E-state index in [4.69, 9.17) is 9.15 Å². The van der Waals surface area contributed by atoms with Crippen molar-refractivity contribution in [3.63, 3.8) is 0 Å². The first kappa shape index (κ1) is 16.7. The van der Waals surface area contributed by atoms with Crippen LogP contribution in [0.2, 0.25) is 0 Å². The molecule has 27 heavy (non-hydrogen) atoms. The van der Waals surface area contributed by atoms with Crippen molar-refractivity contribution in [1.29, 1.82) is 0 Å². The van der Waals surface area contributed by atoms with E-state index in [1.807, 2.05) is 31.2 Å². The first-order chi connectivity index (χ1) is 13.1. The Hall–Kier alpha value is -3.75. The molecule has 136 valence electrons. The summed E-state index contributed by atoms with van der Waals surface area (Å²) in [6.07, 6.45) is 3.58. The molecule has 9 heteroatoms. The number of H-pyrrole nitrogens is 1. The molecule has 0 unspecified atom stereocenters. The molecule has 0 aliphatic rings. The fourth-order valence-electron chi connectivity index (χ4n) is 2.71. The van der Waals surface area contributed by atoms with Crippen LogP contribution in [0.5, 0.6) is 6.01 Å². The average Bonchev–Trinajstić information content (AvgIpc) is 3.20. The average molecular weight is 365 g/mol. The third kappa shape index (κ3) is 3.34. The number of ether oxygens (including phenoxy) is 1. The summed E-state index contributed by atoms with van der Waals surface area (Å²) in [5.74, 6) is 0. The van der Waals surface area contributed by atoms with Crippen LogP contribution in [0.25, 0.3) is 16.8 Å². The molecular formula is C18H15N5O4. The summed E-state index contributed by atoms with van der Waals surface area (Å²) in [5.41, 5.74) is 1.34. The Labute approximate surface area is 152 Å². The third-order valence-electron chi connectivity index (χ3n) is 4.05. The zero-order chi connectivity index (χ0) is 18.8. The van der Waals surface area contributed by atoms with E-state index in [9.17, 15) is 9.59 Å². The number of aryl methyl sites for hydroxylation is 1. The monoisotopic (exact) mass is 365 g/mol. The summed E-state index contributed by atoms with van der Waals surface area (Å²) in [4.78, 5) is 34.5. The number of nitrogens with one attached hydrogen (secondary N) is 1. The van der Waals surface area contributed by atoms with Crippen molar-refractivity contribution in [2.75, 3.05) is 0 Å². The minimum Gasteiger partial charge on any atom is -0.460 e. The highest BCUT2D eigenvalue weighted by molar-refractivity contribution is 5.75. The van der Waals surface area contributed by atoms with E-state index in [0.717, 1.165) is 11.3 Å².